The third-order valence-corrected chi connectivity index (χ3v) is 2.42. The standard InChI is InChI=1S/C14H12O2/c15-13(11-6-2-1-3-7-11)10-14(16)12-8-4-5-9-12/h1-9,16H,10H2. The predicted octanol–water partition coefficient (Wildman–Crippen LogP) is 3.20. The van der Waals surface area contributed by atoms with Gasteiger partial charge in [0.15, 0.2) is 5.78 Å². The van der Waals surface area contributed by atoms with Crippen LogP contribution in [0.2, 0.25) is 0 Å². The highest BCUT2D eigenvalue weighted by Gasteiger charge is 2.10. The van der Waals surface area contributed by atoms with Crippen molar-refractivity contribution in [3.05, 3.63) is 71.5 Å². The molecule has 0 amide bonds. The highest BCUT2D eigenvalue weighted by molar-refractivity contribution is 5.97. The molecule has 16 heavy (non-hydrogen) atoms. The van der Waals surface area contributed by atoms with Gasteiger partial charge in [-0.1, -0.05) is 54.6 Å². The number of ketones is 1. The number of carbonyl (C=O) groups excluding carboxylic acids is 1. The number of allylic oxidation sites excluding steroid dienone is 6. The van der Waals surface area contributed by atoms with Gasteiger partial charge in [0.05, 0.1) is 6.42 Å². The van der Waals surface area contributed by atoms with Crippen LogP contribution in [0.4, 0.5) is 0 Å². The van der Waals surface area contributed by atoms with Crippen LogP contribution >= 0.6 is 0 Å². The summed E-state index contributed by atoms with van der Waals surface area (Å²) < 4.78 is 0. The van der Waals surface area contributed by atoms with Gasteiger partial charge >= 0.3 is 0 Å². The summed E-state index contributed by atoms with van der Waals surface area (Å²) >= 11 is 0. The van der Waals surface area contributed by atoms with Gasteiger partial charge < -0.3 is 5.11 Å². The Morgan fingerprint density at radius 1 is 1.06 bits per heavy atom. The third-order valence-electron chi connectivity index (χ3n) is 2.42. The molecule has 2 nitrogen and oxygen atoms in total. The molecule has 0 radical (unpaired) electrons. The Kier molecular flexibility index (Phi) is 3.01. The van der Waals surface area contributed by atoms with Gasteiger partial charge in [-0.15, -0.1) is 0 Å². The average Bonchev–Trinajstić information content (AvgIpc) is 2.83. The van der Waals surface area contributed by atoms with Crippen molar-refractivity contribution in [3.8, 4) is 0 Å². The molecule has 0 aromatic heterocycles. The molecule has 1 aliphatic rings. The topological polar surface area (TPSA) is 37.3 Å². The second kappa shape index (κ2) is 4.62. The second-order valence-electron chi connectivity index (χ2n) is 3.59. The number of rotatable bonds is 3. The van der Waals surface area contributed by atoms with E-state index in [4.69, 9.17) is 0 Å². The lowest BCUT2D eigenvalue weighted by atomic mass is 10.1. The molecule has 0 aliphatic heterocycles. The summed E-state index contributed by atoms with van der Waals surface area (Å²) in [5.74, 6) is 0.0538. The number of hydrogen-bond acceptors (Lipinski definition) is 2. The zero-order chi connectivity index (χ0) is 11.4. The van der Waals surface area contributed by atoms with Crippen molar-refractivity contribution < 1.29 is 9.90 Å². The molecular weight excluding hydrogens is 200 g/mol. The minimum Gasteiger partial charge on any atom is -0.511 e. The Labute approximate surface area is 94.2 Å². The van der Waals surface area contributed by atoms with Crippen molar-refractivity contribution in [2.45, 2.75) is 6.42 Å². The summed E-state index contributed by atoms with van der Waals surface area (Å²) in [4.78, 5) is 11.8. The first-order valence-electron chi connectivity index (χ1n) is 5.12. The number of carbonyl (C=O) groups is 1. The maximum atomic E-state index is 11.8. The van der Waals surface area contributed by atoms with E-state index in [2.05, 4.69) is 0 Å². The lowest BCUT2D eigenvalue weighted by Gasteiger charge is -2.02. The molecule has 0 saturated heterocycles. The van der Waals surface area contributed by atoms with Gasteiger partial charge in [0.2, 0.25) is 0 Å². The molecule has 0 fully saturated rings. The van der Waals surface area contributed by atoms with Gasteiger partial charge in [-0.2, -0.15) is 0 Å². The van der Waals surface area contributed by atoms with Crippen molar-refractivity contribution in [1.82, 2.24) is 0 Å². The van der Waals surface area contributed by atoms with Crippen LogP contribution in [0, 0.1) is 0 Å². The highest BCUT2D eigenvalue weighted by Crippen LogP contribution is 2.16. The van der Waals surface area contributed by atoms with E-state index in [1.54, 1.807) is 24.3 Å². The van der Waals surface area contributed by atoms with E-state index < -0.39 is 0 Å². The Hall–Kier alpha value is -2.09. The number of benzene rings is 1. The van der Waals surface area contributed by atoms with Crippen LogP contribution in [0.15, 0.2) is 66.0 Å². The van der Waals surface area contributed by atoms with Crippen LogP contribution in [0.1, 0.15) is 16.8 Å². The molecule has 0 atom stereocenters. The van der Waals surface area contributed by atoms with Gasteiger partial charge in [-0.25, -0.2) is 0 Å². The summed E-state index contributed by atoms with van der Waals surface area (Å²) in [6.07, 6.45) is 7.28. The molecular formula is C14H12O2. The molecule has 0 saturated carbocycles. The van der Waals surface area contributed by atoms with E-state index in [-0.39, 0.29) is 18.0 Å². The van der Waals surface area contributed by atoms with Gasteiger partial charge in [-0.3, -0.25) is 4.79 Å². The third kappa shape index (κ3) is 2.28. The maximum absolute atomic E-state index is 11.8. The van der Waals surface area contributed by atoms with Crippen LogP contribution in [0.5, 0.6) is 0 Å². The number of aliphatic hydroxyl groups excluding tert-OH is 1. The molecule has 1 aliphatic carbocycles. The summed E-state index contributed by atoms with van der Waals surface area (Å²) in [6.45, 7) is 0. The van der Waals surface area contributed by atoms with Gasteiger partial charge in [0.25, 0.3) is 0 Å². The van der Waals surface area contributed by atoms with E-state index in [9.17, 15) is 9.90 Å². The molecule has 0 spiro atoms. The van der Waals surface area contributed by atoms with Gasteiger partial charge in [0.1, 0.15) is 5.76 Å². The largest absolute Gasteiger partial charge is 0.511 e. The highest BCUT2D eigenvalue weighted by atomic mass is 16.3. The Bertz CT molecular complexity index is 465. The molecule has 1 aromatic carbocycles. The van der Waals surface area contributed by atoms with Gasteiger partial charge in [-0.05, 0) is 0 Å². The SMILES string of the molecule is O=C(CC(O)=C1C=CC=C1)c1ccccc1. The zero-order valence-corrected chi connectivity index (χ0v) is 8.76. The number of Topliss-reactive ketones (excluding diaryl/α,β-unsaturated/α-hetero) is 1. The van der Waals surface area contributed by atoms with E-state index in [0.717, 1.165) is 0 Å². The van der Waals surface area contributed by atoms with Crippen LogP contribution < -0.4 is 0 Å². The van der Waals surface area contributed by atoms with Crippen molar-refractivity contribution in [2.75, 3.05) is 0 Å². The fourth-order valence-electron chi connectivity index (χ4n) is 1.55. The van der Waals surface area contributed by atoms with E-state index in [0.29, 0.717) is 11.1 Å². The normalized spacial score (nSPS) is 13.1. The first-order valence-corrected chi connectivity index (χ1v) is 5.12. The molecule has 0 heterocycles. The van der Waals surface area contributed by atoms with Crippen molar-refractivity contribution in [1.29, 1.82) is 0 Å². The van der Waals surface area contributed by atoms with E-state index in [1.165, 1.54) is 0 Å². The summed E-state index contributed by atoms with van der Waals surface area (Å²) in [5.41, 5.74) is 1.34. The Morgan fingerprint density at radius 3 is 2.31 bits per heavy atom. The van der Waals surface area contributed by atoms with Crippen molar-refractivity contribution in [2.24, 2.45) is 0 Å². The molecule has 2 heteroatoms. The Morgan fingerprint density at radius 2 is 1.69 bits per heavy atom. The van der Waals surface area contributed by atoms with Crippen LogP contribution in [-0.2, 0) is 0 Å². The fraction of sp³-hybridized carbons (Fsp3) is 0.0714. The molecule has 2 rings (SSSR count). The van der Waals surface area contributed by atoms with E-state index in [1.807, 2.05) is 30.4 Å². The minimum atomic E-state index is -0.0701. The molecule has 0 bridgehead atoms. The molecule has 80 valence electrons. The smallest absolute Gasteiger partial charge is 0.170 e. The number of hydrogen-bond donors (Lipinski definition) is 1. The summed E-state index contributed by atoms with van der Waals surface area (Å²) in [5, 5.41) is 9.74. The maximum Gasteiger partial charge on any atom is 0.170 e. The lowest BCUT2D eigenvalue weighted by Crippen LogP contribution is -2.01. The lowest BCUT2D eigenvalue weighted by molar-refractivity contribution is 0.0980. The minimum absolute atomic E-state index is 0.0496. The predicted molar refractivity (Wildman–Crippen MR) is 63.3 cm³/mol. The molecule has 0 unspecified atom stereocenters. The van der Waals surface area contributed by atoms with Crippen LogP contribution in [-0.4, -0.2) is 10.9 Å². The first kappa shape index (κ1) is 10.4. The molecule has 1 aromatic rings. The zero-order valence-electron chi connectivity index (χ0n) is 8.76. The van der Waals surface area contributed by atoms with Crippen LogP contribution in [0.3, 0.4) is 0 Å². The molecule has 1 N–H and O–H groups in total. The van der Waals surface area contributed by atoms with Gasteiger partial charge in [0, 0.05) is 11.1 Å². The fourth-order valence-corrected chi connectivity index (χ4v) is 1.55. The quantitative estimate of drug-likeness (QED) is 0.617. The summed E-state index contributed by atoms with van der Waals surface area (Å²) in [6, 6.07) is 8.98. The van der Waals surface area contributed by atoms with Crippen molar-refractivity contribution in [3.63, 3.8) is 0 Å². The monoisotopic (exact) mass is 212 g/mol. The van der Waals surface area contributed by atoms with E-state index >= 15 is 0 Å². The van der Waals surface area contributed by atoms with Crippen molar-refractivity contribution >= 4 is 5.78 Å². The Balaban J connectivity index is 2.12. The van der Waals surface area contributed by atoms with Crippen LogP contribution in [0.25, 0.3) is 0 Å². The average molecular weight is 212 g/mol. The summed E-state index contributed by atoms with van der Waals surface area (Å²) in [7, 11) is 0. The second-order valence-corrected chi connectivity index (χ2v) is 3.59. The first-order chi connectivity index (χ1) is 7.77. The number of aliphatic hydroxyl groups is 1.